The van der Waals surface area contributed by atoms with Crippen molar-refractivity contribution in [3.63, 3.8) is 0 Å². The molecule has 0 radical (unpaired) electrons. The molecule has 0 aliphatic heterocycles. The van der Waals surface area contributed by atoms with Crippen molar-refractivity contribution in [1.29, 1.82) is 0 Å². The molecule has 0 aromatic heterocycles. The number of hydrogen-bond donors (Lipinski definition) is 2. The van der Waals surface area contributed by atoms with E-state index in [1.54, 1.807) is 24.3 Å². The highest BCUT2D eigenvalue weighted by Gasteiger charge is 2.26. The second kappa shape index (κ2) is 12.5. The van der Waals surface area contributed by atoms with Crippen LogP contribution in [0.3, 0.4) is 0 Å². The van der Waals surface area contributed by atoms with E-state index in [1.807, 2.05) is 6.07 Å². The van der Waals surface area contributed by atoms with Crippen molar-refractivity contribution in [3.8, 4) is 0 Å². The Bertz CT molecular complexity index is 1080. The molecule has 12 heteroatoms. The molecule has 0 aliphatic rings. The van der Waals surface area contributed by atoms with Crippen LogP contribution in [0.15, 0.2) is 59.5 Å². The zero-order valence-corrected chi connectivity index (χ0v) is 19.9. The maximum absolute atomic E-state index is 12.4. The Morgan fingerprint density at radius 1 is 1.09 bits per heavy atom. The predicted octanol–water partition coefficient (Wildman–Crippen LogP) is 2.43. The van der Waals surface area contributed by atoms with E-state index in [-0.39, 0.29) is 30.1 Å². The highest BCUT2D eigenvalue weighted by atomic mass is 32.2. The predicted molar refractivity (Wildman–Crippen MR) is 120 cm³/mol. The fourth-order valence-electron chi connectivity index (χ4n) is 2.83. The second-order valence-electron chi connectivity index (χ2n) is 6.95. The van der Waals surface area contributed by atoms with Gasteiger partial charge in [0, 0.05) is 18.2 Å². The van der Waals surface area contributed by atoms with Crippen LogP contribution < -0.4 is 5.32 Å². The van der Waals surface area contributed by atoms with E-state index in [1.165, 1.54) is 24.3 Å². The lowest BCUT2D eigenvalue weighted by molar-refractivity contribution is -0.143. The smallest absolute Gasteiger partial charge is 0.408 e. The lowest BCUT2D eigenvalue weighted by Gasteiger charge is -2.18. The quantitative estimate of drug-likeness (QED) is 0.352. The monoisotopic (exact) mass is 499 g/mol. The molecule has 0 saturated heterocycles. The molecule has 0 fully saturated rings. The minimum absolute atomic E-state index is 0.00327. The number of nitrogens with one attached hydrogen (secondary N) is 1. The number of alkyl carbamates (subject to hydrolysis) is 1. The Morgan fingerprint density at radius 2 is 1.73 bits per heavy atom. The van der Waals surface area contributed by atoms with Gasteiger partial charge in [-0.2, -0.15) is 0 Å². The van der Waals surface area contributed by atoms with Crippen LogP contribution in [0, 0.1) is 0 Å². The first-order valence-corrected chi connectivity index (χ1v) is 13.1. The molecule has 2 rings (SSSR count). The summed E-state index contributed by atoms with van der Waals surface area (Å²) in [5.74, 6) is -2.43. The second-order valence-corrected chi connectivity index (χ2v) is 10.4. The molecule has 10 nitrogen and oxygen atoms in total. The van der Waals surface area contributed by atoms with Crippen LogP contribution in [0.25, 0.3) is 0 Å². The molecule has 3 atom stereocenters. The molecular weight excluding hydrogens is 473 g/mol. The summed E-state index contributed by atoms with van der Waals surface area (Å²) in [4.78, 5) is 23.9. The largest absolute Gasteiger partial charge is 0.467 e. The van der Waals surface area contributed by atoms with Crippen LogP contribution in [0.2, 0.25) is 0 Å². The fraction of sp³-hybridized carbons (Fsp3) is 0.333. The van der Waals surface area contributed by atoms with Crippen molar-refractivity contribution >= 4 is 29.9 Å². The third kappa shape index (κ3) is 8.29. The molecule has 2 N–H and O–H groups in total. The number of hydrogen-bond acceptors (Lipinski definition) is 9. The average molecular weight is 499 g/mol. The number of carbonyl (C=O) groups excluding carboxylic acids is 2. The zero-order valence-electron chi connectivity index (χ0n) is 18.1. The van der Waals surface area contributed by atoms with E-state index >= 15 is 0 Å². The van der Waals surface area contributed by atoms with Gasteiger partial charge in [0.05, 0.1) is 18.6 Å². The first-order valence-electron chi connectivity index (χ1n) is 9.82. The number of esters is 1. The van der Waals surface area contributed by atoms with Gasteiger partial charge in [-0.3, -0.25) is 4.57 Å². The van der Waals surface area contributed by atoms with Crippen molar-refractivity contribution in [2.45, 2.75) is 29.8 Å². The van der Waals surface area contributed by atoms with Crippen molar-refractivity contribution in [1.82, 2.24) is 5.32 Å². The summed E-state index contributed by atoms with van der Waals surface area (Å²) in [6, 6.07) is 13.4. The van der Waals surface area contributed by atoms with Crippen LogP contribution >= 0.6 is 8.03 Å². The summed E-state index contributed by atoms with van der Waals surface area (Å²) >= 11 is 0. The first kappa shape index (κ1) is 26.5. The third-order valence-corrected chi connectivity index (χ3v) is 6.89. The number of aliphatic hydroxyl groups is 1. The Kier molecular flexibility index (Phi) is 10.1. The summed E-state index contributed by atoms with van der Waals surface area (Å²) in [5.41, 5.74) is 0.712. The van der Waals surface area contributed by atoms with Crippen LogP contribution in [-0.2, 0) is 39.8 Å². The van der Waals surface area contributed by atoms with Gasteiger partial charge in [-0.25, -0.2) is 18.0 Å². The van der Waals surface area contributed by atoms with E-state index in [2.05, 4.69) is 10.1 Å². The van der Waals surface area contributed by atoms with Gasteiger partial charge in [-0.15, -0.1) is 0 Å². The van der Waals surface area contributed by atoms with Gasteiger partial charge < -0.3 is 24.4 Å². The van der Waals surface area contributed by atoms with Crippen molar-refractivity contribution in [3.05, 3.63) is 65.7 Å². The Morgan fingerprint density at radius 3 is 2.36 bits per heavy atom. The summed E-state index contributed by atoms with van der Waals surface area (Å²) in [5, 5.41) is 12.7. The van der Waals surface area contributed by atoms with Crippen LogP contribution in [-0.4, -0.2) is 51.6 Å². The minimum Gasteiger partial charge on any atom is -0.467 e. The fourth-order valence-corrected chi connectivity index (χ4v) is 4.85. The third-order valence-electron chi connectivity index (χ3n) is 4.48. The van der Waals surface area contributed by atoms with Crippen molar-refractivity contribution in [2.75, 3.05) is 20.0 Å². The number of carbonyl (C=O) groups is 2. The van der Waals surface area contributed by atoms with Gasteiger partial charge in [0.1, 0.15) is 12.6 Å². The van der Waals surface area contributed by atoms with E-state index in [4.69, 9.17) is 9.26 Å². The van der Waals surface area contributed by atoms with Gasteiger partial charge in [0.2, 0.25) is 8.03 Å². The summed E-state index contributed by atoms with van der Waals surface area (Å²) in [7, 11) is -5.68. The van der Waals surface area contributed by atoms with Crippen molar-refractivity contribution < 1.29 is 41.7 Å². The number of amides is 1. The molecule has 0 saturated carbocycles. The van der Waals surface area contributed by atoms with E-state index in [9.17, 15) is 27.7 Å². The molecular formula is C21H26NO9PS. The lowest BCUT2D eigenvalue weighted by atomic mass is 10.2. The normalized spacial score (nSPS) is 14.0. The Balaban J connectivity index is 1.92. The molecule has 180 valence electrons. The van der Waals surface area contributed by atoms with Crippen molar-refractivity contribution in [2.24, 2.45) is 0 Å². The highest BCUT2D eigenvalue weighted by Crippen LogP contribution is 2.42. The number of aliphatic hydroxyl groups excluding tert-OH is 1. The Hall–Kier alpha value is -2.72. The molecule has 1 amide bonds. The molecule has 0 aliphatic carbocycles. The van der Waals surface area contributed by atoms with Gasteiger partial charge in [-0.05, 0) is 11.6 Å². The molecule has 33 heavy (non-hydrogen) atoms. The number of benzene rings is 2. The number of methoxy groups -OCH3 is 1. The van der Waals surface area contributed by atoms with E-state index in [0.717, 1.165) is 18.9 Å². The minimum atomic E-state index is -3.66. The lowest BCUT2D eigenvalue weighted by Crippen LogP contribution is -2.42. The molecule has 0 bridgehead atoms. The standard InChI is InChI=1S/C21H26NO9PS/c1-29-19(23)17(22-21(25)30-14-15-8-4-3-5-9-15)12-13-31-32(26)20(24)16-10-6-7-11-18(16)33(2,27)28/h3-11,17,20,24,32H,12-14H2,1-2H3,(H,22,25)/t17-,20?/m0/s1. The van der Waals surface area contributed by atoms with Gasteiger partial charge in [0.25, 0.3) is 0 Å². The highest BCUT2D eigenvalue weighted by molar-refractivity contribution is 7.90. The van der Waals surface area contributed by atoms with E-state index in [0.29, 0.717) is 0 Å². The number of ether oxygens (including phenoxy) is 2. The first-order chi connectivity index (χ1) is 15.6. The maximum Gasteiger partial charge on any atom is 0.408 e. The molecule has 0 heterocycles. The molecule has 2 aromatic carbocycles. The SMILES string of the molecule is COC(=O)[C@H](CCO[PH](=O)C(O)c1ccccc1S(C)(=O)=O)NC(=O)OCc1ccccc1. The van der Waals surface area contributed by atoms with Gasteiger partial charge >= 0.3 is 12.1 Å². The van der Waals surface area contributed by atoms with Gasteiger partial charge in [0.15, 0.2) is 15.7 Å². The zero-order chi connectivity index (χ0) is 24.4. The maximum atomic E-state index is 12.4. The van der Waals surface area contributed by atoms with Gasteiger partial charge in [-0.1, -0.05) is 48.5 Å². The number of rotatable bonds is 11. The molecule has 2 aromatic rings. The van der Waals surface area contributed by atoms with Crippen LogP contribution in [0.4, 0.5) is 4.79 Å². The van der Waals surface area contributed by atoms with Crippen LogP contribution in [0.1, 0.15) is 23.4 Å². The topological polar surface area (TPSA) is 145 Å². The summed E-state index contributed by atoms with van der Waals surface area (Å²) < 4.78 is 51.1. The molecule has 2 unspecified atom stereocenters. The summed E-state index contributed by atoms with van der Waals surface area (Å²) in [6.45, 7) is -0.286. The average Bonchev–Trinajstić information content (AvgIpc) is 2.81. The Labute approximate surface area is 192 Å². The number of sulfone groups is 1. The van der Waals surface area contributed by atoms with E-state index < -0.39 is 41.8 Å². The summed E-state index contributed by atoms with van der Waals surface area (Å²) in [6.07, 6.45) is -0.00611. The van der Waals surface area contributed by atoms with Crippen LogP contribution in [0.5, 0.6) is 0 Å². The molecule has 0 spiro atoms.